The molecule has 1 amide bonds. The van der Waals surface area contributed by atoms with Crippen LogP contribution in [0.4, 0.5) is 22.1 Å². The van der Waals surface area contributed by atoms with Gasteiger partial charge in [-0.15, -0.1) is 0 Å². The second-order valence-electron chi connectivity index (χ2n) is 7.99. The van der Waals surface area contributed by atoms with Crippen LogP contribution in [0.1, 0.15) is 42.1 Å². The number of nitrogen functional groups attached to an aromatic ring is 1. The number of aryl methyl sites for hydroxylation is 2. The zero-order valence-corrected chi connectivity index (χ0v) is 20.1. The maximum atomic E-state index is 11.6. The molecule has 1 aliphatic carbocycles. The number of carboxylic acid groups (broad SMARTS) is 2. The van der Waals surface area contributed by atoms with E-state index >= 15 is 0 Å². The summed E-state index contributed by atoms with van der Waals surface area (Å²) in [7, 11) is 0. The van der Waals surface area contributed by atoms with Gasteiger partial charge in [0.2, 0.25) is 11.6 Å². The first kappa shape index (κ1) is 28.9. The summed E-state index contributed by atoms with van der Waals surface area (Å²) in [6, 6.07) is 8.39. The fourth-order valence-electron chi connectivity index (χ4n) is 3.93. The molecule has 0 aliphatic heterocycles. The summed E-state index contributed by atoms with van der Waals surface area (Å²) >= 11 is 0. The first-order valence-electron chi connectivity index (χ1n) is 10.8. The van der Waals surface area contributed by atoms with E-state index in [4.69, 9.17) is 15.6 Å². The van der Waals surface area contributed by atoms with Crippen molar-refractivity contribution in [2.45, 2.75) is 40.2 Å². The van der Waals surface area contributed by atoms with E-state index in [9.17, 15) is 19.5 Å². The zero-order valence-electron chi connectivity index (χ0n) is 20.1. The van der Waals surface area contributed by atoms with Crippen LogP contribution in [0.5, 0.6) is 0 Å². The molecule has 1 heterocycles. The number of rotatable bonds is 6. The molecule has 190 valence electrons. The minimum absolute atomic E-state index is 0. The largest absolute Gasteiger partial charge is 0.545 e. The fourth-order valence-corrected chi connectivity index (χ4v) is 3.93. The predicted octanol–water partition coefficient (Wildman–Crippen LogP) is 1.17. The summed E-state index contributed by atoms with van der Waals surface area (Å²) in [5, 5.41) is 23.4. The number of H-pyrrole nitrogens is 1. The van der Waals surface area contributed by atoms with Gasteiger partial charge in [-0.1, -0.05) is 24.6 Å². The Morgan fingerprint density at radius 1 is 1.26 bits per heavy atom. The predicted molar refractivity (Wildman–Crippen MR) is 129 cm³/mol. The lowest BCUT2D eigenvalue weighted by atomic mass is 9.97. The number of hydrogen-bond donors (Lipinski definition) is 4. The van der Waals surface area contributed by atoms with Crippen molar-refractivity contribution < 1.29 is 39.8 Å². The van der Waals surface area contributed by atoms with E-state index in [1.807, 2.05) is 6.07 Å². The second-order valence-corrected chi connectivity index (χ2v) is 7.99. The van der Waals surface area contributed by atoms with Crippen molar-refractivity contribution in [3.8, 4) is 0 Å². The number of fused-ring (bicyclic) bond motifs is 1. The number of carboxylic acids is 2. The van der Waals surface area contributed by atoms with E-state index in [-0.39, 0.29) is 11.5 Å². The number of anilines is 3. The van der Waals surface area contributed by atoms with Crippen LogP contribution in [0.25, 0.3) is 0 Å². The third-order valence-corrected chi connectivity index (χ3v) is 5.20. The van der Waals surface area contributed by atoms with Gasteiger partial charge in [0.1, 0.15) is 11.7 Å². The Morgan fingerprint density at radius 3 is 2.49 bits per heavy atom. The van der Waals surface area contributed by atoms with Crippen LogP contribution < -0.4 is 26.5 Å². The summed E-state index contributed by atoms with van der Waals surface area (Å²) in [6.07, 6.45) is 1.49. The van der Waals surface area contributed by atoms with Crippen molar-refractivity contribution >= 4 is 35.4 Å². The number of aromatic nitrogens is 1. The molecule has 0 radical (unpaired) electrons. The van der Waals surface area contributed by atoms with E-state index < -0.39 is 18.0 Å². The summed E-state index contributed by atoms with van der Waals surface area (Å²) < 4.78 is 4.88. The van der Waals surface area contributed by atoms with Gasteiger partial charge in [-0.25, -0.2) is 14.6 Å². The number of aromatic amines is 1. The molecule has 0 saturated heterocycles. The molecule has 0 saturated carbocycles. The van der Waals surface area contributed by atoms with Gasteiger partial charge in [0.15, 0.2) is 0 Å². The highest BCUT2D eigenvalue weighted by Crippen LogP contribution is 2.40. The SMILES string of the molecule is CCOC(=O)Nc1ccc(NC2c3c(C)cc(C)cc3CC2C)[nH+]c1N.O.O=C([O-])/C=C/C(=O)O. The molecule has 0 spiro atoms. The molecule has 2 unspecified atom stereocenters. The average molecular weight is 489 g/mol. The number of carbonyl (C=O) groups excluding carboxylic acids is 2. The molecule has 3 rings (SSSR count). The van der Waals surface area contributed by atoms with Crippen molar-refractivity contribution in [3.05, 3.63) is 58.7 Å². The smallest absolute Gasteiger partial charge is 0.411 e. The first-order valence-corrected chi connectivity index (χ1v) is 10.8. The maximum Gasteiger partial charge on any atom is 0.411 e. The molecule has 11 heteroatoms. The molecule has 2 atom stereocenters. The van der Waals surface area contributed by atoms with Gasteiger partial charge in [0.05, 0.1) is 12.6 Å². The van der Waals surface area contributed by atoms with Gasteiger partial charge >= 0.3 is 12.1 Å². The normalized spacial score (nSPS) is 15.8. The summed E-state index contributed by atoms with van der Waals surface area (Å²) in [5.74, 6) is -1.12. The lowest BCUT2D eigenvalue weighted by Crippen LogP contribution is -2.24. The summed E-state index contributed by atoms with van der Waals surface area (Å²) in [4.78, 5) is 33.7. The fraction of sp³-hybridized carbons (Fsp3) is 0.333. The number of carbonyl (C=O) groups is 3. The molecule has 0 bridgehead atoms. The van der Waals surface area contributed by atoms with Crippen molar-refractivity contribution in [3.63, 3.8) is 0 Å². The Balaban J connectivity index is 0.000000590. The van der Waals surface area contributed by atoms with E-state index in [1.54, 1.807) is 13.0 Å². The summed E-state index contributed by atoms with van der Waals surface area (Å²) in [5.41, 5.74) is 12.0. The molecule has 8 N–H and O–H groups in total. The van der Waals surface area contributed by atoms with Crippen molar-refractivity contribution in [1.82, 2.24) is 0 Å². The van der Waals surface area contributed by atoms with E-state index in [0.717, 1.165) is 12.2 Å². The topological polar surface area (TPSA) is 199 Å². The highest BCUT2D eigenvalue weighted by atomic mass is 16.5. The van der Waals surface area contributed by atoms with E-state index in [0.29, 0.717) is 36.2 Å². The number of benzene rings is 1. The highest BCUT2D eigenvalue weighted by Gasteiger charge is 2.33. The van der Waals surface area contributed by atoms with Crippen molar-refractivity contribution in [2.24, 2.45) is 5.92 Å². The highest BCUT2D eigenvalue weighted by molar-refractivity contribution is 5.88. The monoisotopic (exact) mass is 488 g/mol. The first-order chi connectivity index (χ1) is 16.0. The molecule has 2 aromatic rings. The molecule has 35 heavy (non-hydrogen) atoms. The van der Waals surface area contributed by atoms with Gasteiger partial charge in [0.25, 0.3) is 0 Å². The molecule has 1 aliphatic rings. The molecular formula is C24H32N4O7. The Kier molecular flexibility index (Phi) is 10.7. The van der Waals surface area contributed by atoms with Gasteiger partial charge in [-0.2, -0.15) is 0 Å². The van der Waals surface area contributed by atoms with Crippen molar-refractivity contribution in [1.29, 1.82) is 0 Å². The molecule has 0 fully saturated rings. The van der Waals surface area contributed by atoms with E-state index in [2.05, 4.69) is 48.5 Å². The van der Waals surface area contributed by atoms with Gasteiger partial charge < -0.3 is 31.0 Å². The Labute approximate surface area is 203 Å². The molecule has 1 aromatic carbocycles. The minimum Gasteiger partial charge on any atom is -0.545 e. The standard InChI is InChI=1S/C20H26N4O2.C4H4O4.H2O/c1-5-26-20(25)22-15-6-7-16(24-19(15)21)23-18-13(4)10-14-9-11(2)8-12(3)17(14)18;5-3(6)1-2-4(7)8;/h6-9,13,18H,5,10H2,1-4H3,(H,22,25)(H3,21,23,24);1-2H,(H,5,6)(H,7,8);1H2/b;2-1+;. The molecular weight excluding hydrogens is 456 g/mol. The Morgan fingerprint density at radius 2 is 1.94 bits per heavy atom. The third kappa shape index (κ3) is 8.31. The maximum absolute atomic E-state index is 11.6. The van der Waals surface area contributed by atoms with E-state index in [1.165, 1.54) is 22.3 Å². The molecule has 11 nitrogen and oxygen atoms in total. The van der Waals surface area contributed by atoms with Crippen LogP contribution >= 0.6 is 0 Å². The number of nitrogens with two attached hydrogens (primary N) is 1. The number of pyridine rings is 1. The number of ether oxygens (including phenoxy) is 1. The summed E-state index contributed by atoms with van der Waals surface area (Å²) in [6.45, 7) is 8.64. The van der Waals surface area contributed by atoms with Crippen molar-refractivity contribution in [2.75, 3.05) is 23.0 Å². The Bertz CT molecular complexity index is 1090. The lowest BCUT2D eigenvalue weighted by molar-refractivity contribution is -0.342. The van der Waals surface area contributed by atoms with Crippen LogP contribution in [-0.2, 0) is 20.7 Å². The second kappa shape index (κ2) is 12.9. The third-order valence-electron chi connectivity index (χ3n) is 5.20. The average Bonchev–Trinajstić information content (AvgIpc) is 3.04. The number of nitrogens with one attached hydrogen (secondary N) is 3. The van der Waals surface area contributed by atoms with Gasteiger partial charge in [-0.05, 0) is 61.9 Å². The zero-order chi connectivity index (χ0) is 25.4. The quantitative estimate of drug-likeness (QED) is 0.434. The van der Waals surface area contributed by atoms with Gasteiger partial charge in [-0.3, -0.25) is 10.6 Å². The van der Waals surface area contributed by atoms with Crippen LogP contribution in [0.3, 0.4) is 0 Å². The number of aliphatic carboxylic acids is 2. The van der Waals surface area contributed by atoms with Gasteiger partial charge in [0, 0.05) is 12.1 Å². The van der Waals surface area contributed by atoms with Crippen LogP contribution in [0.15, 0.2) is 36.4 Å². The molecule has 1 aromatic heterocycles. The van der Waals surface area contributed by atoms with Crippen LogP contribution in [-0.4, -0.2) is 35.2 Å². The minimum atomic E-state index is -1.51. The van der Waals surface area contributed by atoms with Crippen LogP contribution in [0.2, 0.25) is 0 Å². The van der Waals surface area contributed by atoms with Crippen LogP contribution in [0, 0.1) is 19.8 Å². The Hall–Kier alpha value is -4.12. The number of hydrogen-bond acceptors (Lipinski definition) is 7. The number of amides is 1. The lowest BCUT2D eigenvalue weighted by Gasteiger charge is -2.18.